The van der Waals surface area contributed by atoms with Crippen LogP contribution in [0.2, 0.25) is 0 Å². The number of phenolic OH excluding ortho intramolecular Hbond substituents is 1. The van der Waals surface area contributed by atoms with Gasteiger partial charge in [0.05, 0.1) is 6.61 Å². The lowest BCUT2D eigenvalue weighted by molar-refractivity contribution is -0.126. The van der Waals surface area contributed by atoms with Gasteiger partial charge in [-0.3, -0.25) is 14.6 Å². The van der Waals surface area contributed by atoms with Crippen LogP contribution in [0.4, 0.5) is 0 Å². The van der Waals surface area contributed by atoms with Gasteiger partial charge in [-0.25, -0.2) is 0 Å². The van der Waals surface area contributed by atoms with E-state index in [9.17, 15) is 14.7 Å². The third kappa shape index (κ3) is 8.85. The average molecular weight is 768 g/mol. The van der Waals surface area contributed by atoms with Gasteiger partial charge in [-0.05, 0) is 122 Å². The van der Waals surface area contributed by atoms with Crippen molar-refractivity contribution in [3.63, 3.8) is 0 Å². The number of hydrogen-bond acceptors (Lipinski definition) is 8. The van der Waals surface area contributed by atoms with Crippen molar-refractivity contribution in [2.24, 2.45) is 5.92 Å². The number of nitrogens with zero attached hydrogens (tertiary/aromatic N) is 2. The number of aromatic nitrogens is 1. The van der Waals surface area contributed by atoms with Crippen molar-refractivity contribution in [1.82, 2.24) is 15.2 Å². The second-order valence-electron chi connectivity index (χ2n) is 15.4. The molecule has 4 aromatic carbocycles. The van der Waals surface area contributed by atoms with Gasteiger partial charge in [-0.2, -0.15) is 0 Å². The first-order chi connectivity index (χ1) is 27.8. The van der Waals surface area contributed by atoms with E-state index in [0.29, 0.717) is 49.0 Å². The molecule has 3 heterocycles. The number of pyridine rings is 1. The number of aryl methyl sites for hydroxylation is 1. The van der Waals surface area contributed by atoms with E-state index < -0.39 is 6.04 Å². The Hall–Kier alpha value is -6.03. The third-order valence-corrected chi connectivity index (χ3v) is 11.4. The summed E-state index contributed by atoms with van der Waals surface area (Å²) in [4.78, 5) is 33.8. The van der Waals surface area contributed by atoms with Gasteiger partial charge in [-0.15, -0.1) is 0 Å². The molecular formula is C47H49N3O7. The second kappa shape index (κ2) is 17.0. The number of phenols is 1. The van der Waals surface area contributed by atoms with Gasteiger partial charge in [0.2, 0.25) is 5.91 Å². The summed E-state index contributed by atoms with van der Waals surface area (Å²) >= 11 is 0. The smallest absolute Gasteiger partial charge is 0.254 e. The summed E-state index contributed by atoms with van der Waals surface area (Å²) < 4.78 is 24.9. The molecule has 0 spiro atoms. The number of rotatable bonds is 11. The number of aromatic hydroxyl groups is 1. The number of ether oxygens (including phenoxy) is 4. The SMILES string of the molecule is Cc1nccc(Oc2ccc(CCNC(=O)C3Cc4cc5c(cc4CN3C(=O)c3cccc(O)c3)OC(c3ccc(OCC4CCCCC4)cc3)CO5)cc2)c1C. The Morgan fingerprint density at radius 2 is 1.67 bits per heavy atom. The van der Waals surface area contributed by atoms with Crippen LogP contribution in [0.3, 0.4) is 0 Å². The van der Waals surface area contributed by atoms with Crippen LogP contribution < -0.4 is 24.3 Å². The molecule has 10 heteroatoms. The van der Waals surface area contributed by atoms with Crippen LogP contribution in [0, 0.1) is 19.8 Å². The molecule has 1 aromatic heterocycles. The number of carbonyl (C=O) groups is 2. The van der Waals surface area contributed by atoms with Gasteiger partial charge in [0.1, 0.15) is 35.6 Å². The Labute approximate surface area is 333 Å². The fourth-order valence-corrected chi connectivity index (χ4v) is 7.94. The molecule has 2 aliphatic heterocycles. The number of benzene rings is 4. The summed E-state index contributed by atoms with van der Waals surface area (Å²) in [6.45, 7) is 5.61. The van der Waals surface area contributed by atoms with Crippen LogP contribution in [0.5, 0.6) is 34.5 Å². The molecule has 1 aliphatic carbocycles. The lowest BCUT2D eigenvalue weighted by Gasteiger charge is -2.37. The molecule has 0 saturated heterocycles. The van der Waals surface area contributed by atoms with Crippen molar-refractivity contribution < 1.29 is 33.6 Å². The maximum atomic E-state index is 14.0. The fraction of sp³-hybridized carbons (Fsp3) is 0.340. The maximum absolute atomic E-state index is 14.0. The Bertz CT molecular complexity index is 2220. The van der Waals surface area contributed by atoms with Gasteiger partial charge in [0.25, 0.3) is 5.91 Å². The molecule has 2 unspecified atom stereocenters. The van der Waals surface area contributed by atoms with Crippen molar-refractivity contribution in [2.45, 2.75) is 77.5 Å². The van der Waals surface area contributed by atoms with Crippen LogP contribution in [-0.2, 0) is 24.2 Å². The molecule has 2 amide bonds. The third-order valence-electron chi connectivity index (χ3n) is 11.4. The van der Waals surface area contributed by atoms with Gasteiger partial charge in [-0.1, -0.05) is 49.6 Å². The van der Waals surface area contributed by atoms with Crippen LogP contribution in [0.15, 0.2) is 97.2 Å². The minimum Gasteiger partial charge on any atom is -0.508 e. The molecular weight excluding hydrogens is 719 g/mol. The van der Waals surface area contributed by atoms with E-state index in [0.717, 1.165) is 57.4 Å². The Morgan fingerprint density at radius 3 is 2.46 bits per heavy atom. The monoisotopic (exact) mass is 767 g/mol. The first-order valence-corrected chi connectivity index (χ1v) is 20.0. The summed E-state index contributed by atoms with van der Waals surface area (Å²) in [6.07, 6.45) is 8.72. The first-order valence-electron chi connectivity index (χ1n) is 20.0. The molecule has 1 saturated carbocycles. The van der Waals surface area contributed by atoms with E-state index in [1.807, 2.05) is 80.6 Å². The predicted octanol–water partition coefficient (Wildman–Crippen LogP) is 8.59. The molecule has 5 aromatic rings. The van der Waals surface area contributed by atoms with E-state index in [2.05, 4.69) is 10.3 Å². The number of carbonyl (C=O) groups excluding carboxylic acids is 2. The quantitative estimate of drug-likeness (QED) is 0.137. The van der Waals surface area contributed by atoms with Crippen LogP contribution in [0.1, 0.15) is 82.1 Å². The van der Waals surface area contributed by atoms with E-state index in [4.69, 9.17) is 18.9 Å². The zero-order valence-corrected chi connectivity index (χ0v) is 32.5. The lowest BCUT2D eigenvalue weighted by atomic mass is 9.90. The van der Waals surface area contributed by atoms with E-state index in [1.54, 1.807) is 23.2 Å². The molecule has 1 fully saturated rings. The summed E-state index contributed by atoms with van der Waals surface area (Å²) in [5.74, 6) is 3.58. The Kier molecular flexibility index (Phi) is 11.3. The lowest BCUT2D eigenvalue weighted by Crippen LogP contribution is -2.52. The standard InChI is InChI=1S/C47H49N3O7/c1-30-31(2)48-22-20-42(30)56-40-15-11-32(12-16-40)19-21-49-46(52)41-24-36-25-43-44(26-37(36)27-50(41)47(53)35-9-6-10-38(51)23-35)57-45(29-55-43)34-13-17-39(18-14-34)54-28-33-7-4-3-5-8-33/h6,9-18,20,22-23,25-26,33,41,45,51H,3-5,7-8,19,21,24,27-29H2,1-2H3,(H,49,52). The topological polar surface area (TPSA) is 119 Å². The fourth-order valence-electron chi connectivity index (χ4n) is 7.94. The molecule has 3 aliphatic rings. The summed E-state index contributed by atoms with van der Waals surface area (Å²) in [5, 5.41) is 13.3. The number of nitrogens with one attached hydrogen (secondary N) is 1. The van der Waals surface area contributed by atoms with E-state index in [1.165, 1.54) is 44.2 Å². The van der Waals surface area contributed by atoms with E-state index >= 15 is 0 Å². The first kappa shape index (κ1) is 37.9. The highest BCUT2D eigenvalue weighted by Gasteiger charge is 2.37. The number of fused-ring (bicyclic) bond motifs is 2. The Balaban J connectivity index is 0.934. The molecule has 0 bridgehead atoms. The summed E-state index contributed by atoms with van der Waals surface area (Å²) in [6, 6.07) is 27.0. The zero-order valence-electron chi connectivity index (χ0n) is 32.5. The van der Waals surface area contributed by atoms with Crippen molar-refractivity contribution in [3.05, 3.63) is 136 Å². The van der Waals surface area contributed by atoms with Gasteiger partial charge in [0, 0.05) is 42.5 Å². The van der Waals surface area contributed by atoms with Crippen molar-refractivity contribution in [2.75, 3.05) is 19.8 Å². The van der Waals surface area contributed by atoms with Crippen LogP contribution in [0.25, 0.3) is 0 Å². The Morgan fingerprint density at radius 1 is 0.895 bits per heavy atom. The second-order valence-corrected chi connectivity index (χ2v) is 15.4. The summed E-state index contributed by atoms with van der Waals surface area (Å²) in [7, 11) is 0. The highest BCUT2D eigenvalue weighted by molar-refractivity contribution is 5.98. The maximum Gasteiger partial charge on any atom is 0.254 e. The van der Waals surface area contributed by atoms with E-state index in [-0.39, 0.29) is 30.2 Å². The zero-order chi connectivity index (χ0) is 39.3. The van der Waals surface area contributed by atoms with Crippen molar-refractivity contribution in [3.8, 4) is 34.5 Å². The van der Waals surface area contributed by atoms with Gasteiger partial charge >= 0.3 is 0 Å². The highest BCUT2D eigenvalue weighted by atomic mass is 16.6. The van der Waals surface area contributed by atoms with Crippen molar-refractivity contribution >= 4 is 11.8 Å². The van der Waals surface area contributed by atoms with Crippen LogP contribution >= 0.6 is 0 Å². The predicted molar refractivity (Wildman–Crippen MR) is 216 cm³/mol. The average Bonchev–Trinajstić information content (AvgIpc) is 3.24. The number of hydrogen-bond donors (Lipinski definition) is 2. The summed E-state index contributed by atoms with van der Waals surface area (Å²) in [5.41, 5.74) is 6.04. The highest BCUT2D eigenvalue weighted by Crippen LogP contribution is 2.41. The van der Waals surface area contributed by atoms with Gasteiger partial charge in [0.15, 0.2) is 17.6 Å². The molecule has 0 radical (unpaired) electrons. The molecule has 2 N–H and O–H groups in total. The molecule has 57 heavy (non-hydrogen) atoms. The largest absolute Gasteiger partial charge is 0.508 e. The van der Waals surface area contributed by atoms with Gasteiger partial charge < -0.3 is 34.3 Å². The molecule has 2 atom stereocenters. The molecule has 8 rings (SSSR count). The molecule has 294 valence electrons. The minimum atomic E-state index is -0.774. The van der Waals surface area contributed by atoms with Crippen LogP contribution in [-0.4, -0.2) is 52.6 Å². The normalized spacial score (nSPS) is 17.7. The minimum absolute atomic E-state index is 0.0174. The molecule has 10 nitrogen and oxygen atoms in total. The number of amides is 2. The van der Waals surface area contributed by atoms with Crippen molar-refractivity contribution in [1.29, 1.82) is 0 Å².